The fourth-order valence-corrected chi connectivity index (χ4v) is 2.18. The SMILES string of the molecule is O=C(Nc1cccc(F)c1)C1[C@@H](F)[C@H](F)C(F)[C@H](F)[C@@H]1F. The zero-order valence-corrected chi connectivity index (χ0v) is 10.4. The van der Waals surface area contributed by atoms with Crippen LogP contribution in [0.1, 0.15) is 0 Å². The van der Waals surface area contributed by atoms with E-state index in [2.05, 4.69) is 0 Å². The minimum Gasteiger partial charge on any atom is -0.326 e. The van der Waals surface area contributed by atoms with Crippen molar-refractivity contribution >= 4 is 11.6 Å². The van der Waals surface area contributed by atoms with E-state index in [-0.39, 0.29) is 5.69 Å². The van der Waals surface area contributed by atoms with E-state index in [9.17, 15) is 31.1 Å². The van der Waals surface area contributed by atoms with Gasteiger partial charge in [-0.05, 0) is 18.2 Å². The molecule has 0 bridgehead atoms. The predicted molar refractivity (Wildman–Crippen MR) is 63.0 cm³/mol. The summed E-state index contributed by atoms with van der Waals surface area (Å²) in [6.07, 6.45) is -14.5. The van der Waals surface area contributed by atoms with Crippen LogP contribution in [0.25, 0.3) is 0 Å². The van der Waals surface area contributed by atoms with Crippen LogP contribution < -0.4 is 5.32 Å². The Morgan fingerprint density at radius 1 is 0.905 bits per heavy atom. The van der Waals surface area contributed by atoms with E-state index in [0.29, 0.717) is 0 Å². The number of nitrogens with one attached hydrogen (secondary N) is 1. The van der Waals surface area contributed by atoms with Gasteiger partial charge in [-0.15, -0.1) is 0 Å². The fraction of sp³-hybridized carbons (Fsp3) is 0.462. The van der Waals surface area contributed by atoms with Crippen molar-refractivity contribution < 1.29 is 31.1 Å². The quantitative estimate of drug-likeness (QED) is 0.836. The van der Waals surface area contributed by atoms with Crippen molar-refractivity contribution in [2.75, 3.05) is 5.32 Å². The minimum atomic E-state index is -2.96. The minimum absolute atomic E-state index is 0.132. The van der Waals surface area contributed by atoms with Gasteiger partial charge in [-0.3, -0.25) is 4.79 Å². The van der Waals surface area contributed by atoms with Crippen LogP contribution in [0, 0.1) is 11.7 Å². The molecule has 0 aromatic heterocycles. The molecular formula is C13H11F6NO. The number of halogens is 6. The maximum atomic E-state index is 13.6. The number of amides is 1. The summed E-state index contributed by atoms with van der Waals surface area (Å²) in [4.78, 5) is 11.7. The van der Waals surface area contributed by atoms with Gasteiger partial charge in [0.05, 0.1) is 0 Å². The van der Waals surface area contributed by atoms with Gasteiger partial charge in [0.15, 0.2) is 18.5 Å². The molecule has 6 atom stereocenters. The molecule has 2 unspecified atom stereocenters. The highest BCUT2D eigenvalue weighted by molar-refractivity contribution is 5.93. The lowest BCUT2D eigenvalue weighted by Crippen LogP contribution is -2.56. The normalized spacial score (nSPS) is 36.3. The van der Waals surface area contributed by atoms with Crippen LogP contribution in [0.2, 0.25) is 0 Å². The molecule has 21 heavy (non-hydrogen) atoms. The highest BCUT2D eigenvalue weighted by atomic mass is 19.2. The maximum absolute atomic E-state index is 13.6. The van der Waals surface area contributed by atoms with E-state index in [1.807, 2.05) is 5.32 Å². The summed E-state index contributed by atoms with van der Waals surface area (Å²) in [6, 6.07) is 4.37. The highest BCUT2D eigenvalue weighted by Gasteiger charge is 2.56. The molecule has 2 rings (SSSR count). The Bertz CT molecular complexity index is 511. The summed E-state index contributed by atoms with van der Waals surface area (Å²) in [7, 11) is 0. The molecular weight excluding hydrogens is 300 g/mol. The second-order valence-electron chi connectivity index (χ2n) is 4.75. The molecule has 2 nitrogen and oxygen atoms in total. The van der Waals surface area contributed by atoms with E-state index in [0.717, 1.165) is 12.1 Å². The summed E-state index contributed by atoms with van der Waals surface area (Å²) < 4.78 is 79.5. The molecule has 1 fully saturated rings. The molecule has 8 heteroatoms. The summed E-state index contributed by atoms with van der Waals surface area (Å²) in [5.74, 6) is -4.44. The Balaban J connectivity index is 2.17. The Morgan fingerprint density at radius 3 is 1.95 bits per heavy atom. The van der Waals surface area contributed by atoms with Crippen molar-refractivity contribution in [3.8, 4) is 0 Å². The standard InChI is InChI=1S/C13H11F6NO/c14-5-2-1-3-6(4-5)20-13(21)7-8(15)10(17)12(19)11(18)9(7)16/h1-4,7-12H,(H,20,21)/t7?,8-,9-,10-,11+,12?/m1/s1. The van der Waals surface area contributed by atoms with Gasteiger partial charge in [-0.1, -0.05) is 6.07 Å². The third-order valence-corrected chi connectivity index (χ3v) is 3.30. The van der Waals surface area contributed by atoms with Gasteiger partial charge < -0.3 is 5.32 Å². The van der Waals surface area contributed by atoms with Crippen LogP contribution in [0.15, 0.2) is 24.3 Å². The molecule has 1 aliphatic rings. The smallest absolute Gasteiger partial charge is 0.233 e. The Hall–Kier alpha value is -1.73. The van der Waals surface area contributed by atoms with E-state index in [1.165, 1.54) is 12.1 Å². The molecule has 1 aromatic rings. The summed E-state index contributed by atoms with van der Waals surface area (Å²) in [6.45, 7) is 0. The van der Waals surface area contributed by atoms with Gasteiger partial charge in [-0.2, -0.15) is 0 Å². The number of carbonyl (C=O) groups excluding carboxylic acids is 1. The van der Waals surface area contributed by atoms with E-state index < -0.39 is 48.5 Å². The van der Waals surface area contributed by atoms with Crippen molar-refractivity contribution in [2.45, 2.75) is 30.9 Å². The molecule has 1 amide bonds. The van der Waals surface area contributed by atoms with Crippen LogP contribution in [-0.2, 0) is 4.79 Å². The van der Waals surface area contributed by atoms with Gasteiger partial charge >= 0.3 is 0 Å². The predicted octanol–water partition coefficient (Wildman–Crippen LogP) is 3.08. The Labute approximate surface area is 116 Å². The average molecular weight is 311 g/mol. The lowest BCUT2D eigenvalue weighted by Gasteiger charge is -2.35. The van der Waals surface area contributed by atoms with Crippen molar-refractivity contribution in [3.05, 3.63) is 30.1 Å². The highest BCUT2D eigenvalue weighted by Crippen LogP contribution is 2.36. The zero-order chi connectivity index (χ0) is 15.7. The lowest BCUT2D eigenvalue weighted by atomic mass is 9.81. The van der Waals surface area contributed by atoms with Crippen LogP contribution in [-0.4, -0.2) is 36.8 Å². The molecule has 1 aromatic carbocycles. The summed E-state index contributed by atoms with van der Waals surface area (Å²) in [5, 5.41) is 1.95. The molecule has 0 heterocycles. The molecule has 1 N–H and O–H groups in total. The number of alkyl halides is 5. The first kappa shape index (κ1) is 15.7. The molecule has 116 valence electrons. The van der Waals surface area contributed by atoms with Gasteiger partial charge in [0.25, 0.3) is 0 Å². The van der Waals surface area contributed by atoms with Gasteiger partial charge in [-0.25, -0.2) is 26.3 Å². The average Bonchev–Trinajstić information content (AvgIpc) is 2.43. The summed E-state index contributed by atoms with van der Waals surface area (Å²) in [5.41, 5.74) is -0.132. The monoisotopic (exact) mass is 311 g/mol. The van der Waals surface area contributed by atoms with Crippen LogP contribution >= 0.6 is 0 Å². The fourth-order valence-electron chi connectivity index (χ4n) is 2.18. The first-order valence-corrected chi connectivity index (χ1v) is 6.09. The number of benzene rings is 1. The molecule has 0 saturated heterocycles. The topological polar surface area (TPSA) is 29.1 Å². The van der Waals surface area contributed by atoms with Gasteiger partial charge in [0.1, 0.15) is 24.1 Å². The van der Waals surface area contributed by atoms with Crippen molar-refractivity contribution in [2.24, 2.45) is 5.92 Å². The van der Waals surface area contributed by atoms with Crippen molar-refractivity contribution in [3.63, 3.8) is 0 Å². The lowest BCUT2D eigenvalue weighted by molar-refractivity contribution is -0.138. The molecule has 0 aliphatic heterocycles. The van der Waals surface area contributed by atoms with Crippen LogP contribution in [0.3, 0.4) is 0 Å². The molecule has 0 spiro atoms. The van der Waals surface area contributed by atoms with Crippen LogP contribution in [0.5, 0.6) is 0 Å². The summed E-state index contributed by atoms with van der Waals surface area (Å²) >= 11 is 0. The Kier molecular flexibility index (Phi) is 4.43. The molecule has 0 radical (unpaired) electrons. The molecule has 1 aliphatic carbocycles. The van der Waals surface area contributed by atoms with Gasteiger partial charge in [0.2, 0.25) is 5.91 Å². The second-order valence-corrected chi connectivity index (χ2v) is 4.75. The number of anilines is 1. The second kappa shape index (κ2) is 5.95. The third kappa shape index (κ3) is 2.98. The molecule has 1 saturated carbocycles. The number of carbonyl (C=O) groups is 1. The van der Waals surface area contributed by atoms with Crippen molar-refractivity contribution in [1.82, 2.24) is 0 Å². The maximum Gasteiger partial charge on any atom is 0.233 e. The zero-order valence-electron chi connectivity index (χ0n) is 10.4. The first-order chi connectivity index (χ1) is 9.82. The van der Waals surface area contributed by atoms with E-state index >= 15 is 0 Å². The van der Waals surface area contributed by atoms with E-state index in [4.69, 9.17) is 0 Å². The largest absolute Gasteiger partial charge is 0.326 e. The van der Waals surface area contributed by atoms with Gasteiger partial charge in [0, 0.05) is 5.69 Å². The number of hydrogen-bond donors (Lipinski definition) is 1. The Morgan fingerprint density at radius 2 is 1.43 bits per heavy atom. The third-order valence-electron chi connectivity index (χ3n) is 3.30. The first-order valence-electron chi connectivity index (χ1n) is 6.09. The van der Waals surface area contributed by atoms with Crippen LogP contribution in [0.4, 0.5) is 32.0 Å². The number of hydrogen-bond acceptors (Lipinski definition) is 1. The number of rotatable bonds is 2. The van der Waals surface area contributed by atoms with Crippen molar-refractivity contribution in [1.29, 1.82) is 0 Å². The van der Waals surface area contributed by atoms with E-state index in [1.54, 1.807) is 0 Å².